The highest BCUT2D eigenvalue weighted by molar-refractivity contribution is 7.90. The van der Waals surface area contributed by atoms with Crippen LogP contribution in [0.1, 0.15) is 39.9 Å². The predicted octanol–water partition coefficient (Wildman–Crippen LogP) is 4.68. The molecule has 0 radical (unpaired) electrons. The van der Waals surface area contributed by atoms with Crippen molar-refractivity contribution in [3.8, 4) is 5.75 Å². The molecule has 5 rings (SSSR count). The second kappa shape index (κ2) is 13.1. The highest BCUT2D eigenvalue weighted by Gasteiger charge is 2.24. The molecule has 1 aromatic heterocycles. The van der Waals surface area contributed by atoms with Crippen LogP contribution in [0.25, 0.3) is 10.9 Å². The molecule has 1 fully saturated rings. The van der Waals surface area contributed by atoms with Crippen molar-refractivity contribution in [2.24, 2.45) is 0 Å². The lowest BCUT2D eigenvalue weighted by Gasteiger charge is -2.26. The molecule has 0 spiro atoms. The van der Waals surface area contributed by atoms with Gasteiger partial charge in [-0.1, -0.05) is 42.8 Å². The summed E-state index contributed by atoms with van der Waals surface area (Å²) in [5, 5.41) is 4.05. The second-order valence-corrected chi connectivity index (χ2v) is 12.3. The minimum Gasteiger partial charge on any atom is -0.496 e. The largest absolute Gasteiger partial charge is 0.496 e. The highest BCUT2D eigenvalue weighted by Crippen LogP contribution is 2.36. The Hall–Kier alpha value is -4.06. The van der Waals surface area contributed by atoms with Crippen LogP contribution in [0.5, 0.6) is 5.75 Å². The lowest BCUT2D eigenvalue weighted by molar-refractivity contribution is 0.0533. The topological polar surface area (TPSA) is 130 Å². The van der Waals surface area contributed by atoms with Crippen molar-refractivity contribution in [2.75, 3.05) is 40.0 Å². The van der Waals surface area contributed by atoms with E-state index in [4.69, 9.17) is 21.1 Å². The summed E-state index contributed by atoms with van der Waals surface area (Å²) in [6.07, 6.45) is 2.63. The number of carbonyl (C=O) groups is 2. The summed E-state index contributed by atoms with van der Waals surface area (Å²) in [4.78, 5) is 30.2. The third kappa shape index (κ3) is 6.79. The van der Waals surface area contributed by atoms with E-state index in [0.717, 1.165) is 27.6 Å². The second-order valence-electron chi connectivity index (χ2n) is 10.2. The molecule has 0 bridgehead atoms. The van der Waals surface area contributed by atoms with Gasteiger partial charge in [0.1, 0.15) is 10.6 Å². The predicted molar refractivity (Wildman–Crippen MR) is 164 cm³/mol. The van der Waals surface area contributed by atoms with Crippen LogP contribution in [0.2, 0.25) is 5.02 Å². The van der Waals surface area contributed by atoms with Gasteiger partial charge in [-0.3, -0.25) is 4.79 Å². The van der Waals surface area contributed by atoms with Gasteiger partial charge in [0.2, 0.25) is 0 Å². The summed E-state index contributed by atoms with van der Waals surface area (Å²) < 4.78 is 38.6. The Morgan fingerprint density at radius 3 is 2.58 bits per heavy atom. The van der Waals surface area contributed by atoms with Crippen molar-refractivity contribution in [2.45, 2.75) is 24.2 Å². The number of rotatable bonds is 9. The number of nitrogens with zero attached hydrogens (tertiary/aromatic N) is 1. The fraction of sp³-hybridized carbons (Fsp3) is 0.290. The smallest absolute Gasteiger partial charge is 0.317 e. The summed E-state index contributed by atoms with van der Waals surface area (Å²) in [5.41, 5.74) is 4.05. The Morgan fingerprint density at radius 1 is 1.07 bits per heavy atom. The zero-order valence-electron chi connectivity index (χ0n) is 23.9. The first-order valence-corrected chi connectivity index (χ1v) is 15.7. The van der Waals surface area contributed by atoms with Crippen molar-refractivity contribution >= 4 is 44.5 Å². The van der Waals surface area contributed by atoms with Crippen LogP contribution in [0.15, 0.2) is 71.8 Å². The van der Waals surface area contributed by atoms with Crippen LogP contribution >= 0.6 is 11.6 Å². The maximum atomic E-state index is 12.9. The Morgan fingerprint density at radius 2 is 1.84 bits per heavy atom. The normalized spacial score (nSPS) is 14.3. The number of ether oxygens (including phenoxy) is 2. The van der Waals surface area contributed by atoms with Gasteiger partial charge in [-0.05, 0) is 53.9 Å². The number of methoxy groups -OCH3 is 1. The summed E-state index contributed by atoms with van der Waals surface area (Å²) in [6.45, 7) is 4.87. The number of halogens is 1. The molecule has 43 heavy (non-hydrogen) atoms. The molecule has 3 aromatic carbocycles. The fourth-order valence-electron chi connectivity index (χ4n) is 5.17. The summed E-state index contributed by atoms with van der Waals surface area (Å²) >= 11 is 6.03. The van der Waals surface area contributed by atoms with Gasteiger partial charge in [0.15, 0.2) is 0 Å². The van der Waals surface area contributed by atoms with Gasteiger partial charge in [-0.2, -0.15) is 0 Å². The number of benzene rings is 3. The van der Waals surface area contributed by atoms with Gasteiger partial charge >= 0.3 is 6.03 Å². The van der Waals surface area contributed by atoms with Gasteiger partial charge in [0.05, 0.1) is 25.3 Å². The number of sulfonamides is 1. The molecule has 1 unspecified atom stereocenters. The van der Waals surface area contributed by atoms with E-state index < -0.39 is 15.9 Å². The molecule has 10 nitrogen and oxygen atoms in total. The molecule has 12 heteroatoms. The number of nitrogens with one attached hydrogen (secondary N) is 3. The third-order valence-corrected chi connectivity index (χ3v) is 9.38. The van der Waals surface area contributed by atoms with Gasteiger partial charge in [-0.25, -0.2) is 17.9 Å². The summed E-state index contributed by atoms with van der Waals surface area (Å²) in [6, 6.07) is 16.9. The number of fused-ring (bicyclic) bond motifs is 1. The molecule has 1 aliphatic rings. The standard InChI is InChI=1S/C31H33ClN4O6S/c1-20(23-9-8-22(18-28(23)41-2)30(37)35-43(39,40)29-6-4-3-5-26(29)32)25-19-34-27-10-7-21(17-24(25)27)11-12-33-31(38)36-13-15-42-16-14-36/h3-10,17-20,34H,11-16H2,1-2H3,(H,33,38)(H,35,37). The quantitative estimate of drug-likeness (QED) is 0.248. The minimum atomic E-state index is -4.17. The van der Waals surface area contributed by atoms with Crippen molar-refractivity contribution in [1.29, 1.82) is 0 Å². The van der Waals surface area contributed by atoms with Crippen LogP contribution < -0.4 is 14.8 Å². The molecule has 3 amide bonds. The van der Waals surface area contributed by atoms with Crippen molar-refractivity contribution in [1.82, 2.24) is 19.9 Å². The number of amides is 3. The van der Waals surface area contributed by atoms with E-state index in [0.29, 0.717) is 45.0 Å². The van der Waals surface area contributed by atoms with E-state index >= 15 is 0 Å². The number of hydrogen-bond donors (Lipinski definition) is 3. The first kappa shape index (κ1) is 30.4. The third-order valence-electron chi connectivity index (χ3n) is 7.55. The van der Waals surface area contributed by atoms with E-state index in [2.05, 4.69) is 21.1 Å². The zero-order chi connectivity index (χ0) is 30.6. The van der Waals surface area contributed by atoms with E-state index in [1.807, 2.05) is 25.3 Å². The maximum absolute atomic E-state index is 12.9. The number of aromatic nitrogens is 1. The lowest BCUT2D eigenvalue weighted by atomic mass is 9.90. The number of urea groups is 1. The van der Waals surface area contributed by atoms with Gasteiger partial charge in [-0.15, -0.1) is 0 Å². The Labute approximate surface area is 255 Å². The molecular formula is C31H33ClN4O6S. The first-order chi connectivity index (χ1) is 20.7. The zero-order valence-corrected chi connectivity index (χ0v) is 25.4. The molecular weight excluding hydrogens is 592 g/mol. The van der Waals surface area contributed by atoms with Crippen LogP contribution in [-0.4, -0.2) is 70.2 Å². The number of hydrogen-bond acceptors (Lipinski definition) is 6. The number of H-pyrrole nitrogens is 1. The van der Waals surface area contributed by atoms with E-state index in [1.54, 1.807) is 23.1 Å². The fourth-order valence-corrected chi connectivity index (χ4v) is 6.67. The highest BCUT2D eigenvalue weighted by atomic mass is 35.5. The molecule has 0 saturated carbocycles. The van der Waals surface area contributed by atoms with Crippen LogP contribution in [0, 0.1) is 0 Å². The van der Waals surface area contributed by atoms with E-state index in [1.165, 1.54) is 31.4 Å². The molecule has 1 atom stereocenters. The average Bonchev–Trinajstić information content (AvgIpc) is 3.44. The molecule has 1 aliphatic heterocycles. The molecule has 3 N–H and O–H groups in total. The Balaban J connectivity index is 1.31. The van der Waals surface area contributed by atoms with Crippen molar-refractivity contribution in [3.63, 3.8) is 0 Å². The number of carbonyl (C=O) groups excluding carboxylic acids is 2. The Bertz CT molecular complexity index is 1750. The van der Waals surface area contributed by atoms with Gasteiger partial charge in [0.25, 0.3) is 15.9 Å². The Kier molecular flexibility index (Phi) is 9.24. The molecule has 1 saturated heterocycles. The van der Waals surface area contributed by atoms with Gasteiger partial charge in [0, 0.05) is 53.8 Å². The molecule has 0 aliphatic carbocycles. The molecule has 4 aromatic rings. The summed E-state index contributed by atoms with van der Waals surface area (Å²) in [7, 11) is -2.67. The van der Waals surface area contributed by atoms with E-state index in [-0.39, 0.29) is 27.4 Å². The first-order valence-electron chi connectivity index (χ1n) is 13.9. The van der Waals surface area contributed by atoms with Crippen molar-refractivity contribution in [3.05, 3.63) is 94.1 Å². The van der Waals surface area contributed by atoms with Gasteiger partial charge < -0.3 is 24.7 Å². The average molecular weight is 625 g/mol. The van der Waals surface area contributed by atoms with Crippen LogP contribution in [0.3, 0.4) is 0 Å². The molecule has 2 heterocycles. The van der Waals surface area contributed by atoms with E-state index in [9.17, 15) is 18.0 Å². The minimum absolute atomic E-state index is 0.0178. The number of aromatic amines is 1. The van der Waals surface area contributed by atoms with Crippen molar-refractivity contribution < 1.29 is 27.5 Å². The monoisotopic (exact) mass is 624 g/mol. The lowest BCUT2D eigenvalue weighted by Crippen LogP contribution is -2.46. The summed E-state index contributed by atoms with van der Waals surface area (Å²) in [5.74, 6) is -0.467. The van der Waals surface area contributed by atoms with Crippen LogP contribution in [-0.2, 0) is 21.2 Å². The van der Waals surface area contributed by atoms with Crippen LogP contribution in [0.4, 0.5) is 4.79 Å². The molecule has 226 valence electrons. The maximum Gasteiger partial charge on any atom is 0.317 e. The number of morpholine rings is 1. The SMILES string of the molecule is COc1cc(C(=O)NS(=O)(=O)c2ccccc2Cl)ccc1C(C)c1c[nH]c2ccc(CCNC(=O)N3CCOCC3)cc12.